The Morgan fingerprint density at radius 2 is 1.18 bits per heavy atom. The second kappa shape index (κ2) is 12.2. The highest BCUT2D eigenvalue weighted by atomic mass is 35.5. The molecular weight excluding hydrogens is 624 g/mol. The highest BCUT2D eigenvalue weighted by molar-refractivity contribution is 7.92. The second-order valence-electron chi connectivity index (χ2n) is 12.8. The van der Waals surface area contributed by atoms with E-state index in [2.05, 4.69) is 0 Å². The van der Waals surface area contributed by atoms with Crippen LogP contribution in [0.1, 0.15) is 58.9 Å². The monoisotopic (exact) mass is 660 g/mol. The van der Waals surface area contributed by atoms with Crippen molar-refractivity contribution in [1.29, 1.82) is 0 Å². The van der Waals surface area contributed by atoms with Crippen LogP contribution in [0, 0.1) is 32.6 Å². The number of carbonyl (C=O) groups is 1. The van der Waals surface area contributed by atoms with Crippen LogP contribution in [-0.2, 0) is 24.5 Å². The van der Waals surface area contributed by atoms with Crippen molar-refractivity contribution in [3.05, 3.63) is 130 Å². The van der Waals surface area contributed by atoms with Gasteiger partial charge in [0.15, 0.2) is 19.7 Å². The fourth-order valence-electron chi connectivity index (χ4n) is 7.61. The van der Waals surface area contributed by atoms with Gasteiger partial charge in [-0.25, -0.2) is 16.8 Å². The molecule has 2 aliphatic rings. The molecule has 6 rings (SSSR count). The summed E-state index contributed by atoms with van der Waals surface area (Å²) in [5.41, 5.74) is 4.22. The molecule has 6 atom stereocenters. The van der Waals surface area contributed by atoms with Gasteiger partial charge in [-0.2, -0.15) is 0 Å². The minimum atomic E-state index is -3.95. The lowest BCUT2D eigenvalue weighted by Gasteiger charge is -2.48. The summed E-state index contributed by atoms with van der Waals surface area (Å²) in [4.78, 5) is 14.6. The zero-order chi connectivity index (χ0) is 32.1. The lowest BCUT2D eigenvalue weighted by Crippen LogP contribution is -2.53. The Kier molecular flexibility index (Phi) is 8.57. The number of aryl methyl sites for hydroxylation is 3. The summed E-state index contributed by atoms with van der Waals surface area (Å²) in [6, 6.07) is 28.7. The molecule has 234 valence electrons. The molecule has 0 spiro atoms. The van der Waals surface area contributed by atoms with Crippen molar-refractivity contribution in [1.82, 2.24) is 0 Å². The van der Waals surface area contributed by atoms with Crippen LogP contribution < -0.4 is 0 Å². The number of halogens is 1. The maximum atomic E-state index is 14.8. The Morgan fingerprint density at radius 3 is 1.80 bits per heavy atom. The lowest BCUT2D eigenvalue weighted by molar-refractivity contribution is -0.128. The summed E-state index contributed by atoms with van der Waals surface area (Å²) >= 11 is 6.21. The van der Waals surface area contributed by atoms with Crippen molar-refractivity contribution < 1.29 is 21.6 Å². The Morgan fingerprint density at radius 1 is 0.622 bits per heavy atom. The first kappa shape index (κ1) is 31.7. The molecule has 5 nitrogen and oxygen atoms in total. The summed E-state index contributed by atoms with van der Waals surface area (Å²) in [7, 11) is -7.81. The van der Waals surface area contributed by atoms with E-state index in [0.29, 0.717) is 10.6 Å². The number of hydrogen-bond donors (Lipinski definition) is 0. The molecule has 0 aliphatic heterocycles. The number of Topliss-reactive ketones (excluding diaryl/α,β-unsaturated/α-hetero) is 1. The van der Waals surface area contributed by atoms with E-state index in [-0.39, 0.29) is 34.8 Å². The van der Waals surface area contributed by atoms with E-state index in [0.717, 1.165) is 22.3 Å². The third-order valence-corrected chi connectivity index (χ3v) is 14.9. The van der Waals surface area contributed by atoms with Gasteiger partial charge in [-0.05, 0) is 86.6 Å². The largest absolute Gasteiger partial charge is 0.299 e. The predicted molar refractivity (Wildman–Crippen MR) is 178 cm³/mol. The van der Waals surface area contributed by atoms with Gasteiger partial charge < -0.3 is 0 Å². The molecule has 5 unspecified atom stereocenters. The van der Waals surface area contributed by atoms with Crippen LogP contribution in [0.3, 0.4) is 0 Å². The molecule has 0 heterocycles. The highest BCUT2D eigenvalue weighted by Gasteiger charge is 2.56. The number of ketones is 1. The molecule has 2 aliphatic carbocycles. The van der Waals surface area contributed by atoms with Gasteiger partial charge in [0.25, 0.3) is 0 Å². The van der Waals surface area contributed by atoms with E-state index < -0.39 is 53.8 Å². The number of carbonyl (C=O) groups excluding carboxylic acids is 1. The normalized spacial score (nSPS) is 25.5. The van der Waals surface area contributed by atoms with E-state index in [1.807, 2.05) is 56.3 Å². The minimum absolute atomic E-state index is 0.0189. The van der Waals surface area contributed by atoms with E-state index in [1.54, 1.807) is 61.5 Å². The van der Waals surface area contributed by atoms with Gasteiger partial charge in [-0.1, -0.05) is 89.5 Å². The van der Waals surface area contributed by atoms with Crippen molar-refractivity contribution in [2.45, 2.75) is 72.2 Å². The molecule has 0 aromatic heterocycles. The average Bonchev–Trinajstić information content (AvgIpc) is 3.01. The molecule has 0 amide bonds. The van der Waals surface area contributed by atoms with Crippen LogP contribution in [0.15, 0.2) is 107 Å². The third kappa shape index (κ3) is 5.91. The first-order chi connectivity index (χ1) is 21.4. The van der Waals surface area contributed by atoms with E-state index in [9.17, 15) is 21.6 Å². The number of hydrogen-bond acceptors (Lipinski definition) is 5. The molecular formula is C37H37ClO5S2. The predicted octanol–water partition coefficient (Wildman–Crippen LogP) is 7.82. The molecule has 8 heteroatoms. The van der Waals surface area contributed by atoms with Gasteiger partial charge in [0.05, 0.1) is 20.3 Å². The maximum Gasteiger partial charge on any atom is 0.182 e. The van der Waals surface area contributed by atoms with Crippen LogP contribution in [0.4, 0.5) is 0 Å². The molecule has 2 saturated carbocycles. The first-order valence-corrected chi connectivity index (χ1v) is 18.8. The van der Waals surface area contributed by atoms with Crippen LogP contribution in [0.2, 0.25) is 5.02 Å². The van der Waals surface area contributed by atoms with Crippen LogP contribution in [0.5, 0.6) is 0 Å². The highest BCUT2D eigenvalue weighted by Crippen LogP contribution is 2.54. The summed E-state index contributed by atoms with van der Waals surface area (Å²) in [5.74, 6) is -2.45. The minimum Gasteiger partial charge on any atom is -0.299 e. The van der Waals surface area contributed by atoms with Crippen molar-refractivity contribution in [2.24, 2.45) is 11.8 Å². The Balaban J connectivity index is 1.52. The quantitative estimate of drug-likeness (QED) is 0.211. The second-order valence-corrected chi connectivity index (χ2v) is 17.4. The number of fused-ring (bicyclic) bond motifs is 1. The zero-order valence-electron chi connectivity index (χ0n) is 25.6. The lowest BCUT2D eigenvalue weighted by atomic mass is 9.61. The van der Waals surface area contributed by atoms with Gasteiger partial charge in [0.2, 0.25) is 0 Å². The Labute approximate surface area is 271 Å². The fourth-order valence-corrected chi connectivity index (χ4v) is 12.3. The third-order valence-electron chi connectivity index (χ3n) is 9.94. The molecule has 4 aromatic carbocycles. The number of rotatable bonds is 6. The molecule has 45 heavy (non-hydrogen) atoms. The summed E-state index contributed by atoms with van der Waals surface area (Å²) in [5, 5.41) is -1.27. The standard InChI is InChI=1S/C37H37ClO5S2/c1-23-8-12-26(13-9-23)30-20-33-32(22-36(30)44(40,41)29-18-10-24(2)11-19-29)34(39)21-31(27-14-16-28(38)17-15-27)37(33)45(42,43)35-7-5-4-6-25(35)3/h4-19,30-33,36-37H,20-22H2,1-3H3/t30?,31?,32-,33?,36?,37?/m1/s1. The van der Waals surface area contributed by atoms with Crippen molar-refractivity contribution in [3.63, 3.8) is 0 Å². The van der Waals surface area contributed by atoms with E-state index in [1.165, 1.54) is 0 Å². The fraction of sp³-hybridized carbons (Fsp3) is 0.324. The van der Waals surface area contributed by atoms with Gasteiger partial charge in [0.1, 0.15) is 5.78 Å². The van der Waals surface area contributed by atoms with E-state index in [4.69, 9.17) is 11.6 Å². The first-order valence-electron chi connectivity index (χ1n) is 15.3. The number of sulfone groups is 2. The molecule has 0 radical (unpaired) electrons. The molecule has 0 N–H and O–H groups in total. The van der Waals surface area contributed by atoms with Crippen LogP contribution >= 0.6 is 11.6 Å². The average molecular weight is 661 g/mol. The van der Waals surface area contributed by atoms with Crippen molar-refractivity contribution in [2.75, 3.05) is 0 Å². The topological polar surface area (TPSA) is 85.3 Å². The SMILES string of the molecule is Cc1ccc(C2CC3C(S(=O)(=O)c4ccccc4C)C(c4ccc(Cl)cc4)CC(=O)[C@@H]3CC2S(=O)(=O)c2ccc(C)cc2)cc1. The zero-order valence-corrected chi connectivity index (χ0v) is 27.9. The smallest absolute Gasteiger partial charge is 0.182 e. The van der Waals surface area contributed by atoms with Gasteiger partial charge in [-0.3, -0.25) is 4.79 Å². The van der Waals surface area contributed by atoms with Gasteiger partial charge in [0, 0.05) is 29.2 Å². The summed E-state index contributed by atoms with van der Waals surface area (Å²) in [6.45, 7) is 5.67. The van der Waals surface area contributed by atoms with E-state index >= 15 is 0 Å². The molecule has 2 fully saturated rings. The summed E-state index contributed by atoms with van der Waals surface area (Å²) < 4.78 is 58.3. The van der Waals surface area contributed by atoms with Gasteiger partial charge in [-0.15, -0.1) is 0 Å². The molecule has 4 aromatic rings. The summed E-state index contributed by atoms with van der Waals surface area (Å²) in [6.07, 6.45) is 0.353. The Bertz CT molecular complexity index is 1930. The molecule has 0 bridgehead atoms. The Hall–Kier alpha value is -3.26. The number of benzene rings is 4. The van der Waals surface area contributed by atoms with Gasteiger partial charge >= 0.3 is 0 Å². The van der Waals surface area contributed by atoms with Crippen molar-refractivity contribution >= 4 is 37.1 Å². The maximum absolute atomic E-state index is 14.8. The van der Waals surface area contributed by atoms with Crippen LogP contribution in [-0.4, -0.2) is 33.1 Å². The molecule has 0 saturated heterocycles. The van der Waals surface area contributed by atoms with Crippen molar-refractivity contribution in [3.8, 4) is 0 Å². The van der Waals surface area contributed by atoms with Crippen LogP contribution in [0.25, 0.3) is 0 Å².